The number of aliphatic carboxylic acids is 1. The first-order valence-electron chi connectivity index (χ1n) is 4.49. The van der Waals surface area contributed by atoms with Gasteiger partial charge in [-0.25, -0.2) is 0 Å². The summed E-state index contributed by atoms with van der Waals surface area (Å²) in [7, 11) is 0. The molecule has 0 aromatic heterocycles. The van der Waals surface area contributed by atoms with E-state index in [2.05, 4.69) is 0 Å². The largest absolute Gasteiger partial charge is 0.480 e. The van der Waals surface area contributed by atoms with Crippen LogP contribution in [0.15, 0.2) is 0 Å². The second-order valence-corrected chi connectivity index (χ2v) is 3.43. The molecule has 1 aliphatic heterocycles. The van der Waals surface area contributed by atoms with Gasteiger partial charge in [-0.1, -0.05) is 0 Å². The third kappa shape index (κ3) is 4.48. The van der Waals surface area contributed by atoms with Crippen LogP contribution in [0.5, 0.6) is 0 Å². The monoisotopic (exact) mass is 227 g/mol. The molecule has 0 spiro atoms. The van der Waals surface area contributed by atoms with Gasteiger partial charge in [-0.05, 0) is 6.42 Å². The molecule has 1 unspecified atom stereocenters. The van der Waals surface area contributed by atoms with E-state index in [0.29, 0.717) is 13.0 Å². The number of hydrogen-bond acceptors (Lipinski definition) is 3. The van der Waals surface area contributed by atoms with Crippen molar-refractivity contribution in [2.24, 2.45) is 0 Å². The van der Waals surface area contributed by atoms with Gasteiger partial charge in [0.1, 0.15) is 0 Å². The van der Waals surface area contributed by atoms with Crippen molar-refractivity contribution < 1.29 is 27.8 Å². The van der Waals surface area contributed by atoms with Gasteiger partial charge < -0.3 is 9.84 Å². The number of ether oxygens (including phenoxy) is 1. The van der Waals surface area contributed by atoms with E-state index in [4.69, 9.17) is 9.84 Å². The van der Waals surface area contributed by atoms with Crippen molar-refractivity contribution in [1.82, 2.24) is 4.90 Å². The van der Waals surface area contributed by atoms with E-state index in [-0.39, 0.29) is 6.61 Å². The van der Waals surface area contributed by atoms with Gasteiger partial charge in [0.05, 0.1) is 19.7 Å². The van der Waals surface area contributed by atoms with Crippen LogP contribution in [0.1, 0.15) is 6.42 Å². The van der Waals surface area contributed by atoms with Crippen LogP contribution >= 0.6 is 0 Å². The standard InChI is InChI=1S/C8H12F3NO3/c9-8(10,11)5-12(3-7(13)14)6-1-2-15-4-6/h6H,1-5H2,(H,13,14). The predicted octanol–water partition coefficient (Wildman–Crippen LogP) is 0.724. The molecule has 1 saturated heterocycles. The molecule has 0 aromatic rings. The van der Waals surface area contributed by atoms with E-state index in [1.165, 1.54) is 0 Å². The molecule has 4 nitrogen and oxygen atoms in total. The Kier molecular flexibility index (Phi) is 3.92. The Hall–Kier alpha value is -0.820. The number of hydrogen-bond donors (Lipinski definition) is 1. The smallest absolute Gasteiger partial charge is 0.401 e. The van der Waals surface area contributed by atoms with E-state index < -0.39 is 31.3 Å². The van der Waals surface area contributed by atoms with Gasteiger partial charge in [0, 0.05) is 12.6 Å². The molecule has 15 heavy (non-hydrogen) atoms. The van der Waals surface area contributed by atoms with Crippen LogP contribution in [0.3, 0.4) is 0 Å². The predicted molar refractivity (Wildman–Crippen MR) is 44.5 cm³/mol. The Morgan fingerprint density at radius 1 is 1.53 bits per heavy atom. The lowest BCUT2D eigenvalue weighted by Crippen LogP contribution is -2.44. The lowest BCUT2D eigenvalue weighted by Gasteiger charge is -2.26. The van der Waals surface area contributed by atoms with Gasteiger partial charge in [0.2, 0.25) is 0 Å². The summed E-state index contributed by atoms with van der Waals surface area (Å²) < 4.78 is 41.3. The van der Waals surface area contributed by atoms with E-state index in [9.17, 15) is 18.0 Å². The molecule has 1 heterocycles. The minimum Gasteiger partial charge on any atom is -0.480 e. The number of carboxylic acid groups (broad SMARTS) is 1. The summed E-state index contributed by atoms with van der Waals surface area (Å²) in [5, 5.41) is 8.49. The Balaban J connectivity index is 2.55. The summed E-state index contributed by atoms with van der Waals surface area (Å²) in [5.41, 5.74) is 0. The maximum atomic E-state index is 12.1. The van der Waals surface area contributed by atoms with Crippen molar-refractivity contribution in [2.75, 3.05) is 26.3 Å². The molecule has 1 rings (SSSR count). The molecule has 0 amide bonds. The first-order chi connectivity index (χ1) is 6.88. The van der Waals surface area contributed by atoms with Crippen molar-refractivity contribution >= 4 is 5.97 Å². The van der Waals surface area contributed by atoms with Crippen LogP contribution in [-0.4, -0.2) is 54.5 Å². The quantitative estimate of drug-likeness (QED) is 0.769. The highest BCUT2D eigenvalue weighted by molar-refractivity contribution is 5.69. The molecule has 0 bridgehead atoms. The van der Waals surface area contributed by atoms with Crippen molar-refractivity contribution in [3.8, 4) is 0 Å². The van der Waals surface area contributed by atoms with E-state index in [0.717, 1.165) is 4.90 Å². The molecule has 1 fully saturated rings. The fraction of sp³-hybridized carbons (Fsp3) is 0.875. The molecule has 7 heteroatoms. The maximum Gasteiger partial charge on any atom is 0.401 e. The van der Waals surface area contributed by atoms with Gasteiger partial charge in [0.15, 0.2) is 0 Å². The minimum atomic E-state index is -4.38. The van der Waals surface area contributed by atoms with Gasteiger partial charge >= 0.3 is 12.1 Å². The van der Waals surface area contributed by atoms with Gasteiger partial charge in [-0.15, -0.1) is 0 Å². The molecule has 88 valence electrons. The Bertz CT molecular complexity index is 226. The zero-order chi connectivity index (χ0) is 11.5. The lowest BCUT2D eigenvalue weighted by molar-refractivity contribution is -0.158. The third-order valence-electron chi connectivity index (χ3n) is 2.14. The molecular formula is C8H12F3NO3. The van der Waals surface area contributed by atoms with Crippen LogP contribution in [-0.2, 0) is 9.53 Å². The van der Waals surface area contributed by atoms with Crippen LogP contribution < -0.4 is 0 Å². The van der Waals surface area contributed by atoms with Crippen molar-refractivity contribution in [2.45, 2.75) is 18.6 Å². The second-order valence-electron chi connectivity index (χ2n) is 3.43. The molecule has 1 atom stereocenters. The van der Waals surface area contributed by atoms with Crippen LogP contribution in [0.4, 0.5) is 13.2 Å². The molecular weight excluding hydrogens is 215 g/mol. The van der Waals surface area contributed by atoms with Gasteiger partial charge in [-0.2, -0.15) is 13.2 Å². The van der Waals surface area contributed by atoms with Crippen molar-refractivity contribution in [3.05, 3.63) is 0 Å². The van der Waals surface area contributed by atoms with Crippen LogP contribution in [0.25, 0.3) is 0 Å². The maximum absolute atomic E-state index is 12.1. The number of nitrogens with zero attached hydrogens (tertiary/aromatic N) is 1. The Labute approximate surface area is 84.6 Å². The second kappa shape index (κ2) is 4.80. The number of alkyl halides is 3. The van der Waals surface area contributed by atoms with Crippen molar-refractivity contribution in [3.63, 3.8) is 0 Å². The summed E-state index contributed by atoms with van der Waals surface area (Å²) in [5.74, 6) is -1.26. The van der Waals surface area contributed by atoms with Crippen LogP contribution in [0, 0.1) is 0 Å². The highest BCUT2D eigenvalue weighted by Crippen LogP contribution is 2.20. The number of halogens is 3. The van der Waals surface area contributed by atoms with E-state index >= 15 is 0 Å². The number of carbonyl (C=O) groups is 1. The average molecular weight is 227 g/mol. The zero-order valence-corrected chi connectivity index (χ0v) is 7.96. The Morgan fingerprint density at radius 3 is 2.60 bits per heavy atom. The summed E-state index contributed by atoms with van der Waals surface area (Å²) in [6.45, 7) is -1.25. The zero-order valence-electron chi connectivity index (χ0n) is 7.96. The van der Waals surface area contributed by atoms with E-state index in [1.807, 2.05) is 0 Å². The first kappa shape index (κ1) is 12.3. The minimum absolute atomic E-state index is 0.170. The average Bonchev–Trinajstić information content (AvgIpc) is 2.50. The Morgan fingerprint density at radius 2 is 2.20 bits per heavy atom. The first-order valence-corrected chi connectivity index (χ1v) is 4.49. The van der Waals surface area contributed by atoms with Crippen molar-refractivity contribution in [1.29, 1.82) is 0 Å². The third-order valence-corrected chi connectivity index (χ3v) is 2.14. The molecule has 0 saturated carbocycles. The lowest BCUT2D eigenvalue weighted by atomic mass is 10.2. The highest BCUT2D eigenvalue weighted by Gasteiger charge is 2.35. The summed E-state index contributed by atoms with van der Waals surface area (Å²) in [4.78, 5) is 11.3. The fourth-order valence-corrected chi connectivity index (χ4v) is 1.53. The van der Waals surface area contributed by atoms with E-state index in [1.54, 1.807) is 0 Å². The highest BCUT2D eigenvalue weighted by atomic mass is 19.4. The molecule has 0 aliphatic carbocycles. The fourth-order valence-electron chi connectivity index (χ4n) is 1.53. The summed E-state index contributed by atoms with van der Waals surface area (Å²) in [6, 6.07) is -0.442. The SMILES string of the molecule is O=C(O)CN(CC(F)(F)F)C1CCOC1. The molecule has 0 radical (unpaired) electrons. The molecule has 1 N–H and O–H groups in total. The number of carboxylic acids is 1. The topological polar surface area (TPSA) is 49.8 Å². The molecule has 1 aliphatic rings. The molecule has 0 aromatic carbocycles. The van der Waals surface area contributed by atoms with Crippen LogP contribution in [0.2, 0.25) is 0 Å². The summed E-state index contributed by atoms with van der Waals surface area (Å²) in [6.07, 6.45) is -3.93. The number of rotatable bonds is 4. The van der Waals surface area contributed by atoms with Gasteiger partial charge in [0.25, 0.3) is 0 Å². The summed E-state index contributed by atoms with van der Waals surface area (Å²) >= 11 is 0. The van der Waals surface area contributed by atoms with Gasteiger partial charge in [-0.3, -0.25) is 9.69 Å². The normalized spacial score (nSPS) is 22.3.